The molecule has 0 radical (unpaired) electrons. The van der Waals surface area contributed by atoms with Crippen LogP contribution in [0.3, 0.4) is 0 Å². The number of urea groups is 1. The van der Waals surface area contributed by atoms with Crippen molar-refractivity contribution >= 4 is 22.7 Å². The number of amides is 3. The number of nitrogens with one attached hydrogen (secondary N) is 1. The molecule has 16 heavy (non-hydrogen) atoms. The number of hydrogen-bond donors (Lipinski definition) is 1. The van der Waals surface area contributed by atoms with Crippen molar-refractivity contribution in [2.24, 2.45) is 5.92 Å². The van der Waals surface area contributed by atoms with Crippen LogP contribution in [0, 0.1) is 5.92 Å². The Morgan fingerprint density at radius 3 is 2.75 bits per heavy atom. The molecule has 0 spiro atoms. The van der Waals surface area contributed by atoms with Crippen LogP contribution in [0.4, 0.5) is 4.79 Å². The quantitative estimate of drug-likeness (QED) is 0.777. The molecule has 3 atom stereocenters. The Balaban J connectivity index is 2.55. The van der Waals surface area contributed by atoms with E-state index in [0.717, 1.165) is 0 Å². The summed E-state index contributed by atoms with van der Waals surface area (Å²) >= 11 is 0. The molecule has 1 rings (SSSR count). The van der Waals surface area contributed by atoms with E-state index in [1.54, 1.807) is 18.1 Å². The van der Waals surface area contributed by atoms with Gasteiger partial charge in [-0.1, -0.05) is 6.92 Å². The van der Waals surface area contributed by atoms with Crippen molar-refractivity contribution < 1.29 is 13.8 Å². The monoisotopic (exact) mass is 246 g/mol. The Morgan fingerprint density at radius 1 is 1.56 bits per heavy atom. The third-order valence-corrected chi connectivity index (χ3v) is 3.57. The third-order valence-electron chi connectivity index (χ3n) is 2.76. The summed E-state index contributed by atoms with van der Waals surface area (Å²) in [5, 5.41) is 2.32. The first-order valence-corrected chi connectivity index (χ1v) is 7.06. The lowest BCUT2D eigenvalue weighted by molar-refractivity contribution is -0.125. The average molecular weight is 246 g/mol. The largest absolute Gasteiger partial charge is 0.324 e. The number of carbonyl (C=O) groups is 2. The minimum Gasteiger partial charge on any atom is -0.321 e. The van der Waals surface area contributed by atoms with Gasteiger partial charge in [0.1, 0.15) is 0 Å². The van der Waals surface area contributed by atoms with Crippen molar-refractivity contribution in [3.8, 4) is 0 Å². The number of hydrogen-bond acceptors (Lipinski definition) is 3. The van der Waals surface area contributed by atoms with Crippen LogP contribution < -0.4 is 5.32 Å². The lowest BCUT2D eigenvalue weighted by Crippen LogP contribution is -2.56. The molecule has 3 unspecified atom stereocenters. The van der Waals surface area contributed by atoms with Crippen LogP contribution in [0.15, 0.2) is 0 Å². The second-order valence-electron chi connectivity index (χ2n) is 4.26. The Morgan fingerprint density at radius 2 is 2.19 bits per heavy atom. The van der Waals surface area contributed by atoms with E-state index in [9.17, 15) is 13.8 Å². The number of imide groups is 1. The lowest BCUT2D eigenvalue weighted by atomic mass is 10.1. The highest BCUT2D eigenvalue weighted by Gasteiger charge is 2.31. The summed E-state index contributed by atoms with van der Waals surface area (Å²) in [6.45, 7) is 4.15. The predicted octanol–water partition coefficient (Wildman–Crippen LogP) is 0.331. The molecule has 0 aromatic carbocycles. The topological polar surface area (TPSA) is 66.5 Å². The fourth-order valence-corrected chi connectivity index (χ4v) is 2.31. The maximum absolute atomic E-state index is 11.6. The smallest absolute Gasteiger partial charge is 0.321 e. The summed E-state index contributed by atoms with van der Waals surface area (Å²) in [4.78, 5) is 24.4. The second kappa shape index (κ2) is 5.43. The van der Waals surface area contributed by atoms with Crippen LogP contribution in [0.5, 0.6) is 0 Å². The summed E-state index contributed by atoms with van der Waals surface area (Å²) in [5.41, 5.74) is 0. The Kier molecular flexibility index (Phi) is 4.46. The van der Waals surface area contributed by atoms with Crippen LogP contribution in [0.25, 0.3) is 0 Å². The van der Waals surface area contributed by atoms with Gasteiger partial charge in [0.2, 0.25) is 5.91 Å². The van der Waals surface area contributed by atoms with Gasteiger partial charge in [0.05, 0.1) is 5.92 Å². The average Bonchev–Trinajstić information content (AvgIpc) is 2.20. The molecule has 1 N–H and O–H groups in total. The van der Waals surface area contributed by atoms with E-state index in [4.69, 9.17) is 0 Å². The highest BCUT2D eigenvalue weighted by Crippen LogP contribution is 2.13. The Hall–Kier alpha value is -0.910. The van der Waals surface area contributed by atoms with Crippen LogP contribution in [0.2, 0.25) is 0 Å². The highest BCUT2D eigenvalue weighted by molar-refractivity contribution is 7.84. The molecule has 92 valence electrons. The molecule has 1 heterocycles. The van der Waals surface area contributed by atoms with E-state index in [2.05, 4.69) is 5.32 Å². The van der Waals surface area contributed by atoms with Crippen molar-refractivity contribution in [2.75, 3.05) is 18.6 Å². The van der Waals surface area contributed by atoms with E-state index >= 15 is 0 Å². The summed E-state index contributed by atoms with van der Waals surface area (Å²) in [7, 11) is -0.843. The Bertz CT molecular complexity index is 319. The molecule has 1 saturated heterocycles. The Labute approximate surface area is 98.0 Å². The fourth-order valence-electron chi connectivity index (χ4n) is 1.63. The first-order valence-electron chi connectivity index (χ1n) is 5.33. The third kappa shape index (κ3) is 3.30. The molecule has 1 aliphatic heterocycles. The maximum atomic E-state index is 11.6. The van der Waals surface area contributed by atoms with Crippen molar-refractivity contribution in [1.29, 1.82) is 0 Å². The van der Waals surface area contributed by atoms with Crippen LogP contribution in [0.1, 0.15) is 20.3 Å². The maximum Gasteiger partial charge on any atom is 0.324 e. The van der Waals surface area contributed by atoms with Gasteiger partial charge in [0, 0.05) is 35.4 Å². The van der Waals surface area contributed by atoms with Crippen molar-refractivity contribution in [3.63, 3.8) is 0 Å². The molecule has 0 aromatic rings. The summed E-state index contributed by atoms with van der Waals surface area (Å²) < 4.78 is 11.0. The van der Waals surface area contributed by atoms with Gasteiger partial charge in [-0.15, -0.1) is 0 Å². The van der Waals surface area contributed by atoms with Gasteiger partial charge in [-0.3, -0.25) is 14.3 Å². The summed E-state index contributed by atoms with van der Waals surface area (Å²) in [6, 6.07) is -0.322. The molecule has 0 aromatic heterocycles. The molecule has 0 bridgehead atoms. The van der Waals surface area contributed by atoms with E-state index in [1.807, 2.05) is 6.92 Å². The van der Waals surface area contributed by atoms with Gasteiger partial charge >= 0.3 is 6.03 Å². The molecular weight excluding hydrogens is 228 g/mol. The van der Waals surface area contributed by atoms with E-state index in [-0.39, 0.29) is 23.9 Å². The molecule has 0 aliphatic carbocycles. The van der Waals surface area contributed by atoms with Crippen LogP contribution in [-0.4, -0.2) is 45.6 Å². The van der Waals surface area contributed by atoms with E-state index < -0.39 is 10.8 Å². The minimum atomic E-state index is -0.843. The van der Waals surface area contributed by atoms with Crippen molar-refractivity contribution in [3.05, 3.63) is 0 Å². The van der Waals surface area contributed by atoms with Gasteiger partial charge in [-0.25, -0.2) is 4.79 Å². The number of rotatable bonds is 4. The SMILES string of the molecule is CC1CN(C(C)CCS(C)=O)C(=O)NC1=O. The van der Waals surface area contributed by atoms with Crippen molar-refractivity contribution in [1.82, 2.24) is 10.2 Å². The number of carbonyl (C=O) groups excluding carboxylic acids is 2. The first-order chi connectivity index (χ1) is 7.41. The van der Waals surface area contributed by atoms with E-state index in [0.29, 0.717) is 18.7 Å². The lowest BCUT2D eigenvalue weighted by Gasteiger charge is -2.34. The standard InChI is InChI=1S/C10H18N2O3S/c1-7-6-12(10(14)11-9(7)13)8(2)4-5-16(3)15/h7-8H,4-6H2,1-3H3,(H,11,13,14). The normalized spacial score (nSPS) is 25.2. The zero-order chi connectivity index (χ0) is 12.3. The minimum absolute atomic E-state index is 0.0134. The summed E-state index contributed by atoms with van der Waals surface area (Å²) in [6.07, 6.45) is 2.34. The number of nitrogens with zero attached hydrogens (tertiary/aromatic N) is 1. The molecule has 5 nitrogen and oxygen atoms in total. The first kappa shape index (κ1) is 13.2. The molecule has 1 fully saturated rings. The zero-order valence-electron chi connectivity index (χ0n) is 9.86. The van der Waals surface area contributed by atoms with Gasteiger partial charge < -0.3 is 4.90 Å². The fraction of sp³-hybridized carbons (Fsp3) is 0.800. The highest BCUT2D eigenvalue weighted by atomic mass is 32.2. The predicted molar refractivity (Wildman–Crippen MR) is 62.4 cm³/mol. The van der Waals surface area contributed by atoms with E-state index in [1.165, 1.54) is 0 Å². The van der Waals surface area contributed by atoms with Gasteiger partial charge in [-0.2, -0.15) is 0 Å². The molecule has 1 aliphatic rings. The van der Waals surface area contributed by atoms with Gasteiger partial charge in [-0.05, 0) is 13.3 Å². The molecule has 0 saturated carbocycles. The van der Waals surface area contributed by atoms with Crippen LogP contribution in [-0.2, 0) is 15.6 Å². The zero-order valence-corrected chi connectivity index (χ0v) is 10.7. The molecule has 3 amide bonds. The molecular formula is C10H18N2O3S. The van der Waals surface area contributed by atoms with Gasteiger partial charge in [0.15, 0.2) is 0 Å². The van der Waals surface area contributed by atoms with Crippen LogP contribution >= 0.6 is 0 Å². The van der Waals surface area contributed by atoms with Gasteiger partial charge in [0.25, 0.3) is 0 Å². The summed E-state index contributed by atoms with van der Waals surface area (Å²) in [5.74, 6) is 0.188. The molecule has 6 heteroatoms. The van der Waals surface area contributed by atoms with Crippen molar-refractivity contribution in [2.45, 2.75) is 26.3 Å². The second-order valence-corrected chi connectivity index (χ2v) is 5.82.